The number of halogens is 1. The van der Waals surface area contributed by atoms with E-state index in [9.17, 15) is 5.11 Å². The van der Waals surface area contributed by atoms with Crippen molar-refractivity contribution in [2.75, 3.05) is 39.4 Å². The molecule has 192 valence electrons. The lowest BCUT2D eigenvalue weighted by Crippen LogP contribution is -3.00. The van der Waals surface area contributed by atoms with E-state index in [1.807, 2.05) is 48.5 Å². The highest BCUT2D eigenvalue weighted by Crippen LogP contribution is 2.45. The fourth-order valence-electron chi connectivity index (χ4n) is 7.05. The van der Waals surface area contributed by atoms with Gasteiger partial charge in [0.25, 0.3) is 0 Å². The summed E-state index contributed by atoms with van der Waals surface area (Å²) in [6, 6.07) is 20.4. The molecule has 3 heterocycles. The molecule has 5 heteroatoms. The number of aliphatic hydroxyl groups is 1. The first kappa shape index (κ1) is 26.7. The molecule has 35 heavy (non-hydrogen) atoms. The van der Waals surface area contributed by atoms with E-state index in [-0.39, 0.29) is 29.0 Å². The average molecular weight is 545 g/mol. The molecule has 1 saturated carbocycles. The van der Waals surface area contributed by atoms with Crippen LogP contribution >= 0.6 is 0 Å². The van der Waals surface area contributed by atoms with Gasteiger partial charge in [0.2, 0.25) is 0 Å². The maximum atomic E-state index is 12.1. The van der Waals surface area contributed by atoms with Crippen LogP contribution in [0.25, 0.3) is 0 Å². The van der Waals surface area contributed by atoms with Crippen molar-refractivity contribution in [2.24, 2.45) is 17.8 Å². The van der Waals surface area contributed by atoms with Crippen LogP contribution in [0.4, 0.5) is 0 Å². The maximum Gasteiger partial charge on any atom is 0.119 e. The van der Waals surface area contributed by atoms with E-state index in [0.29, 0.717) is 18.4 Å². The predicted molar refractivity (Wildman–Crippen MR) is 136 cm³/mol. The molecule has 4 fully saturated rings. The molecule has 0 spiro atoms. The summed E-state index contributed by atoms with van der Waals surface area (Å²) in [4.78, 5) is 0. The Bertz CT molecular complexity index is 902. The van der Waals surface area contributed by atoms with E-state index >= 15 is 0 Å². The quantitative estimate of drug-likeness (QED) is 0.369. The van der Waals surface area contributed by atoms with Gasteiger partial charge in [-0.3, -0.25) is 0 Å². The molecule has 3 saturated heterocycles. The van der Waals surface area contributed by atoms with Crippen LogP contribution in [0.1, 0.15) is 51.0 Å². The molecule has 0 radical (unpaired) electrons. The highest BCUT2D eigenvalue weighted by atomic mass is 79.9. The predicted octanol–water partition coefficient (Wildman–Crippen LogP) is 2.41. The van der Waals surface area contributed by atoms with Crippen LogP contribution in [0.2, 0.25) is 0 Å². The first-order valence-electron chi connectivity index (χ1n) is 13.5. The van der Waals surface area contributed by atoms with E-state index in [1.54, 1.807) is 0 Å². The number of hydrogen-bond acceptors (Lipinski definition) is 3. The highest BCUT2D eigenvalue weighted by molar-refractivity contribution is 5.24. The summed E-state index contributed by atoms with van der Waals surface area (Å²) in [5.74, 6) is 2.40. The average Bonchev–Trinajstić information content (AvgIpc) is 3.33. The number of piperidine rings is 3. The third-order valence-electron chi connectivity index (χ3n) is 9.10. The van der Waals surface area contributed by atoms with Crippen molar-refractivity contribution >= 4 is 0 Å². The SMILES string of the molecule is CC1CCCC1C(O)(COC1C[N+]2(CCCOc3ccccc3)CCC1CC2)c1ccccc1.[Br-]. The number of benzene rings is 2. The minimum absolute atomic E-state index is 0. The molecule has 2 bridgehead atoms. The number of rotatable bonds is 10. The zero-order chi connectivity index (χ0) is 23.4. The van der Waals surface area contributed by atoms with Crippen LogP contribution < -0.4 is 21.7 Å². The number of fused-ring (bicyclic) bond motifs is 3. The van der Waals surface area contributed by atoms with Crippen LogP contribution in [0.15, 0.2) is 60.7 Å². The van der Waals surface area contributed by atoms with Crippen LogP contribution in [-0.2, 0) is 10.3 Å². The molecular weight excluding hydrogens is 502 g/mol. The number of ether oxygens (including phenoxy) is 2. The number of nitrogens with zero attached hydrogens (tertiary/aromatic N) is 1. The van der Waals surface area contributed by atoms with Gasteiger partial charge in [-0.2, -0.15) is 0 Å². The Kier molecular flexibility index (Phi) is 8.96. The monoisotopic (exact) mass is 543 g/mol. The molecule has 2 aromatic rings. The fourth-order valence-corrected chi connectivity index (χ4v) is 7.05. The molecule has 1 aliphatic carbocycles. The van der Waals surface area contributed by atoms with E-state index in [4.69, 9.17) is 9.47 Å². The lowest BCUT2D eigenvalue weighted by Gasteiger charge is -2.53. The van der Waals surface area contributed by atoms with Crippen molar-refractivity contribution in [3.05, 3.63) is 66.2 Å². The molecule has 0 aromatic heterocycles. The Morgan fingerprint density at radius 1 is 0.943 bits per heavy atom. The minimum Gasteiger partial charge on any atom is -1.00 e. The Morgan fingerprint density at radius 2 is 1.63 bits per heavy atom. The molecular formula is C30H42BrNO3. The second-order valence-corrected chi connectivity index (χ2v) is 11.2. The normalized spacial score (nSPS) is 31.5. The summed E-state index contributed by atoms with van der Waals surface area (Å²) in [6.45, 7) is 8.26. The Hall–Kier alpha value is -1.40. The summed E-state index contributed by atoms with van der Waals surface area (Å²) in [5.41, 5.74) is 0.134. The van der Waals surface area contributed by atoms with Gasteiger partial charge in [0.15, 0.2) is 0 Å². The van der Waals surface area contributed by atoms with Gasteiger partial charge in [-0.1, -0.05) is 68.3 Å². The van der Waals surface area contributed by atoms with Crippen molar-refractivity contribution in [3.63, 3.8) is 0 Å². The van der Waals surface area contributed by atoms with Crippen LogP contribution in [0.5, 0.6) is 5.75 Å². The maximum absolute atomic E-state index is 12.1. The van der Waals surface area contributed by atoms with Crippen molar-refractivity contribution in [1.82, 2.24) is 0 Å². The van der Waals surface area contributed by atoms with E-state index in [0.717, 1.165) is 48.3 Å². The Morgan fingerprint density at radius 3 is 2.29 bits per heavy atom. The second kappa shape index (κ2) is 11.8. The van der Waals surface area contributed by atoms with Crippen molar-refractivity contribution in [3.8, 4) is 5.75 Å². The fraction of sp³-hybridized carbons (Fsp3) is 0.600. The van der Waals surface area contributed by atoms with Crippen molar-refractivity contribution in [2.45, 2.75) is 57.2 Å². The van der Waals surface area contributed by atoms with Crippen LogP contribution in [-0.4, -0.2) is 55.1 Å². The standard InChI is InChI=1S/C30H42NO3.BrH/c1-24-10-8-15-28(24)30(32,26-11-4-2-5-12-26)23-34-29-22-31(19-16-25(29)17-20-31)18-9-21-33-27-13-6-3-7-14-27;/h2-7,11-14,24-25,28-29,32H,8-10,15-23H2,1H3;1H/q+1;/p-1. The number of hydrogen-bond donors (Lipinski definition) is 1. The van der Waals surface area contributed by atoms with Gasteiger partial charge in [-0.15, -0.1) is 0 Å². The van der Waals surface area contributed by atoms with Gasteiger partial charge < -0.3 is 36.0 Å². The molecule has 4 unspecified atom stereocenters. The largest absolute Gasteiger partial charge is 1.00 e. The topological polar surface area (TPSA) is 38.7 Å². The number of para-hydroxylation sites is 1. The molecule has 4 aliphatic rings. The number of quaternary nitrogens is 1. The van der Waals surface area contributed by atoms with Gasteiger partial charge in [0.05, 0.1) is 32.8 Å². The summed E-state index contributed by atoms with van der Waals surface area (Å²) >= 11 is 0. The summed E-state index contributed by atoms with van der Waals surface area (Å²) in [7, 11) is 0. The molecule has 6 rings (SSSR count). The smallest absolute Gasteiger partial charge is 0.119 e. The zero-order valence-electron chi connectivity index (χ0n) is 21.2. The third-order valence-corrected chi connectivity index (χ3v) is 9.10. The molecule has 0 amide bonds. The van der Waals surface area contributed by atoms with Crippen LogP contribution in [0, 0.1) is 17.8 Å². The zero-order valence-corrected chi connectivity index (χ0v) is 22.7. The molecule has 3 aliphatic heterocycles. The lowest BCUT2D eigenvalue weighted by atomic mass is 9.76. The Balaban J connectivity index is 0.00000289. The Labute approximate surface area is 222 Å². The van der Waals surface area contributed by atoms with Gasteiger partial charge in [-0.25, -0.2) is 0 Å². The highest BCUT2D eigenvalue weighted by Gasteiger charge is 2.49. The summed E-state index contributed by atoms with van der Waals surface area (Å²) in [5, 5.41) is 12.1. The van der Waals surface area contributed by atoms with Gasteiger partial charge in [-0.05, 0) is 36.0 Å². The summed E-state index contributed by atoms with van der Waals surface area (Å²) < 4.78 is 13.8. The van der Waals surface area contributed by atoms with Gasteiger partial charge in [0, 0.05) is 25.2 Å². The first-order chi connectivity index (χ1) is 16.6. The molecule has 1 N–H and O–H groups in total. The van der Waals surface area contributed by atoms with Crippen molar-refractivity contribution in [1.29, 1.82) is 0 Å². The summed E-state index contributed by atoms with van der Waals surface area (Å²) in [6.07, 6.45) is 7.31. The van der Waals surface area contributed by atoms with Crippen LogP contribution in [0.3, 0.4) is 0 Å². The van der Waals surface area contributed by atoms with E-state index < -0.39 is 5.60 Å². The van der Waals surface area contributed by atoms with E-state index in [1.165, 1.54) is 38.8 Å². The lowest BCUT2D eigenvalue weighted by molar-refractivity contribution is -0.946. The van der Waals surface area contributed by atoms with Gasteiger partial charge in [0.1, 0.15) is 24.0 Å². The molecule has 4 atom stereocenters. The second-order valence-electron chi connectivity index (χ2n) is 11.2. The molecule has 4 nitrogen and oxygen atoms in total. The van der Waals surface area contributed by atoms with E-state index in [2.05, 4.69) is 19.1 Å². The van der Waals surface area contributed by atoms with Crippen molar-refractivity contribution < 1.29 is 36.0 Å². The van der Waals surface area contributed by atoms with Gasteiger partial charge >= 0.3 is 0 Å². The molecule has 2 aromatic carbocycles. The third kappa shape index (κ3) is 5.95. The first-order valence-corrected chi connectivity index (χ1v) is 13.5. The minimum atomic E-state index is -0.891.